The van der Waals surface area contributed by atoms with Gasteiger partial charge in [-0.05, 0) is 0 Å². The Hall–Kier alpha value is 3.16. The molecule has 0 radical (unpaired) electrons. The van der Waals surface area contributed by atoms with Gasteiger partial charge in [-0.2, -0.15) is 0 Å². The van der Waals surface area contributed by atoms with Crippen LogP contribution in [0.3, 0.4) is 0 Å². The van der Waals surface area contributed by atoms with E-state index in [2.05, 4.69) is 9.05 Å². The van der Waals surface area contributed by atoms with Crippen LogP contribution in [-0.2, 0) is 22.9 Å². The maximum atomic E-state index is 10.2. The Morgan fingerprint density at radius 2 is 1.09 bits per heavy atom. The molecule has 17 heteroatoms. The van der Waals surface area contributed by atoms with E-state index < -0.39 is 53.3 Å². The summed E-state index contributed by atoms with van der Waals surface area (Å²) in [4.78, 5) is 40.9. The van der Waals surface area contributed by atoms with Gasteiger partial charge >= 0.3 is 97.8 Å². The summed E-state index contributed by atoms with van der Waals surface area (Å²) in [5.41, 5.74) is 0. The van der Waals surface area contributed by atoms with E-state index in [9.17, 15) is 38.9 Å². The van der Waals surface area contributed by atoms with Gasteiger partial charge in [-0.15, -0.1) is 0 Å². The van der Waals surface area contributed by atoms with Crippen LogP contribution in [0.15, 0.2) is 0 Å². The SMILES string of the molecule is O.O.O=P([O-])([O-])OC[C@H]1O[C@H](COP(=O)([O-])[O-])[C@@H](O)[C@@H]1O.[Ba+2].[Ba+2]. The van der Waals surface area contributed by atoms with Crippen LogP contribution >= 0.6 is 15.6 Å². The van der Waals surface area contributed by atoms with Crippen molar-refractivity contribution in [3.05, 3.63) is 0 Å². The fourth-order valence-corrected chi connectivity index (χ4v) is 2.09. The Labute approximate surface area is 211 Å². The van der Waals surface area contributed by atoms with Gasteiger partial charge in [-0.3, -0.25) is 0 Å². The molecule has 1 rings (SSSR count). The fourth-order valence-electron chi connectivity index (χ4n) is 1.43. The molecule has 1 aliphatic heterocycles. The molecule has 0 bridgehead atoms. The number of rotatable bonds is 6. The monoisotopic (exact) mass is 632 g/mol. The number of phosphoric ester groups is 2. The van der Waals surface area contributed by atoms with E-state index in [1.54, 1.807) is 0 Å². The topological polar surface area (TPSA) is 258 Å². The third-order valence-electron chi connectivity index (χ3n) is 2.26. The molecule has 0 aliphatic carbocycles. The van der Waals surface area contributed by atoms with Gasteiger partial charge in [0.15, 0.2) is 0 Å². The number of ether oxygens (including phenoxy) is 1. The van der Waals surface area contributed by atoms with Crippen LogP contribution in [0, 0.1) is 0 Å². The zero-order chi connectivity index (χ0) is 14.8. The summed E-state index contributed by atoms with van der Waals surface area (Å²) in [7, 11) is -10.5. The summed E-state index contributed by atoms with van der Waals surface area (Å²) in [6.45, 7) is -1.71. The first-order chi connectivity index (χ1) is 8.49. The number of hydrogen-bond acceptors (Lipinski definition) is 11. The van der Waals surface area contributed by atoms with Crippen LogP contribution < -0.4 is 19.6 Å². The Morgan fingerprint density at radius 3 is 1.30 bits per heavy atom. The van der Waals surface area contributed by atoms with Crippen molar-refractivity contribution in [3.8, 4) is 0 Å². The van der Waals surface area contributed by atoms with Gasteiger partial charge in [0.25, 0.3) is 0 Å². The average Bonchev–Trinajstić information content (AvgIpc) is 2.49. The minimum Gasteiger partial charge on any atom is -0.790 e. The first-order valence-corrected chi connectivity index (χ1v) is 7.76. The van der Waals surface area contributed by atoms with Crippen molar-refractivity contribution in [2.75, 3.05) is 13.2 Å². The largest absolute Gasteiger partial charge is 2.00 e. The predicted octanol–water partition coefficient (Wildman–Crippen LogP) is -7.24. The molecule has 0 aromatic heterocycles. The van der Waals surface area contributed by atoms with E-state index in [0.717, 1.165) is 0 Å². The molecule has 130 valence electrons. The van der Waals surface area contributed by atoms with Crippen molar-refractivity contribution in [1.82, 2.24) is 0 Å². The molecule has 0 saturated carbocycles. The molecule has 1 saturated heterocycles. The molecular formula is C6H14Ba2O13P2. The summed E-state index contributed by atoms with van der Waals surface area (Å²) >= 11 is 0. The van der Waals surface area contributed by atoms with E-state index in [4.69, 9.17) is 4.74 Å². The Balaban J connectivity index is -0.000000451. The second-order valence-electron chi connectivity index (χ2n) is 3.68. The van der Waals surface area contributed by atoms with E-state index in [-0.39, 0.29) is 109 Å². The van der Waals surface area contributed by atoms with Crippen LogP contribution in [0.5, 0.6) is 0 Å². The Bertz CT molecular complexity index is 362. The van der Waals surface area contributed by atoms with Crippen molar-refractivity contribution >= 4 is 113 Å². The van der Waals surface area contributed by atoms with Gasteiger partial charge < -0.3 is 63.7 Å². The zero-order valence-corrected chi connectivity index (χ0v) is 22.3. The molecule has 6 N–H and O–H groups in total. The minimum absolute atomic E-state index is 0. The van der Waals surface area contributed by atoms with Crippen LogP contribution in [0.2, 0.25) is 0 Å². The quantitative estimate of drug-likeness (QED) is 0.206. The van der Waals surface area contributed by atoms with Gasteiger partial charge in [0.1, 0.15) is 24.4 Å². The Morgan fingerprint density at radius 1 is 0.826 bits per heavy atom. The summed E-state index contributed by atoms with van der Waals surface area (Å²) in [5, 5.41) is 18.8. The van der Waals surface area contributed by atoms with Crippen LogP contribution in [0.25, 0.3) is 0 Å². The van der Waals surface area contributed by atoms with Gasteiger partial charge in [-0.25, -0.2) is 0 Å². The molecule has 1 aliphatic rings. The normalized spacial score (nSPS) is 27.0. The molecule has 23 heavy (non-hydrogen) atoms. The van der Waals surface area contributed by atoms with Gasteiger partial charge in [0.05, 0.1) is 28.9 Å². The number of hydrogen-bond donors (Lipinski definition) is 2. The second kappa shape index (κ2) is 14.2. The molecule has 0 spiro atoms. The van der Waals surface area contributed by atoms with Crippen LogP contribution in [-0.4, -0.2) is 157 Å². The summed E-state index contributed by atoms with van der Waals surface area (Å²) in [6, 6.07) is 0. The molecule has 0 amide bonds. The first kappa shape index (κ1) is 33.7. The molecule has 0 aromatic carbocycles. The van der Waals surface area contributed by atoms with Gasteiger partial charge in [-0.1, -0.05) is 0 Å². The summed E-state index contributed by atoms with van der Waals surface area (Å²) in [6.07, 6.45) is -6.01. The van der Waals surface area contributed by atoms with Crippen molar-refractivity contribution in [3.63, 3.8) is 0 Å². The third kappa shape index (κ3) is 13.9. The molecule has 1 fully saturated rings. The predicted molar refractivity (Wildman–Crippen MR) is 66.5 cm³/mol. The van der Waals surface area contributed by atoms with E-state index >= 15 is 0 Å². The fraction of sp³-hybridized carbons (Fsp3) is 1.00. The first-order valence-electron chi connectivity index (χ1n) is 4.84. The average molecular weight is 631 g/mol. The minimum atomic E-state index is -5.27. The standard InChI is InChI=1S/C6H14O11P2.2Ba.2H2O/c7-5-3(1-15-18(9,10)11)17-4(6(5)8)2-16-19(12,13)14;;;;/h3-8H,1-2H2,(H2,9,10,11)(H2,12,13,14);;;2*1H2/q;2*+2;;/p-4/t3-,4-,5-,6-;;;;/m1..../s1. The number of phosphoric acid groups is 2. The number of aliphatic hydroxyl groups is 2. The maximum absolute atomic E-state index is 10.2. The molecule has 0 unspecified atom stereocenters. The maximum Gasteiger partial charge on any atom is 2.00 e. The van der Waals surface area contributed by atoms with Crippen molar-refractivity contribution in [2.45, 2.75) is 24.4 Å². The molecule has 4 atom stereocenters. The molecule has 13 nitrogen and oxygen atoms in total. The second-order valence-corrected chi connectivity index (χ2v) is 5.99. The Kier molecular flexibility index (Phi) is 20.8. The van der Waals surface area contributed by atoms with E-state index in [1.165, 1.54) is 0 Å². The zero-order valence-electron chi connectivity index (χ0n) is 11.6. The third-order valence-corrected chi connectivity index (χ3v) is 3.19. The molecular weight excluding hydrogens is 617 g/mol. The van der Waals surface area contributed by atoms with Crippen LogP contribution in [0.1, 0.15) is 0 Å². The van der Waals surface area contributed by atoms with Gasteiger partial charge in [0.2, 0.25) is 0 Å². The summed E-state index contributed by atoms with van der Waals surface area (Å²) < 4.78 is 33.0. The molecule has 1 heterocycles. The number of aliphatic hydroxyl groups excluding tert-OH is 2. The van der Waals surface area contributed by atoms with Crippen molar-refractivity contribution in [1.29, 1.82) is 0 Å². The molecule has 0 aromatic rings. The summed E-state index contributed by atoms with van der Waals surface area (Å²) in [5.74, 6) is 0. The van der Waals surface area contributed by atoms with Crippen molar-refractivity contribution < 1.29 is 63.7 Å². The van der Waals surface area contributed by atoms with E-state index in [0.29, 0.717) is 0 Å². The van der Waals surface area contributed by atoms with E-state index in [1.807, 2.05) is 0 Å². The van der Waals surface area contributed by atoms with Crippen LogP contribution in [0.4, 0.5) is 0 Å². The van der Waals surface area contributed by atoms with Crippen molar-refractivity contribution in [2.24, 2.45) is 0 Å². The van der Waals surface area contributed by atoms with Gasteiger partial charge in [0, 0.05) is 0 Å². The smallest absolute Gasteiger partial charge is 0.790 e.